The molecule has 0 spiro atoms. The first-order chi connectivity index (χ1) is 11.5. The molecule has 0 saturated heterocycles. The molecule has 5 nitrogen and oxygen atoms in total. The lowest BCUT2D eigenvalue weighted by atomic mass is 9.81. The van der Waals surface area contributed by atoms with Gasteiger partial charge in [-0.3, -0.25) is 0 Å². The number of ether oxygens (including phenoxy) is 2. The summed E-state index contributed by atoms with van der Waals surface area (Å²) in [7, 11) is 0. The monoisotopic (exact) mass is 345 g/mol. The summed E-state index contributed by atoms with van der Waals surface area (Å²) in [5.74, 6) is -1.60. The first-order valence-electron chi connectivity index (χ1n) is 7.45. The van der Waals surface area contributed by atoms with Gasteiger partial charge in [-0.05, 0) is 18.6 Å². The molecule has 1 unspecified atom stereocenters. The number of hydrogen-bond donors (Lipinski definition) is 1. The number of carbonyl (C=O) groups is 2. The van der Waals surface area contributed by atoms with Gasteiger partial charge in [0.1, 0.15) is 13.2 Å². The van der Waals surface area contributed by atoms with Gasteiger partial charge in [0, 0.05) is 10.7 Å². The van der Waals surface area contributed by atoms with E-state index in [0.717, 1.165) is 0 Å². The number of hydrogen-bond acceptors (Lipinski definition) is 5. The molecule has 1 N–H and O–H groups in total. The maximum atomic E-state index is 12.6. The van der Waals surface area contributed by atoms with E-state index < -0.39 is 17.9 Å². The molecule has 1 atom stereocenters. The normalized spacial score (nSPS) is 19.6. The fourth-order valence-electron chi connectivity index (χ4n) is 2.97. The predicted octanol–water partition coefficient (Wildman–Crippen LogP) is 2.84. The van der Waals surface area contributed by atoms with Gasteiger partial charge in [-0.2, -0.15) is 0 Å². The van der Waals surface area contributed by atoms with Crippen molar-refractivity contribution in [3.05, 3.63) is 70.0 Å². The SMILES string of the molecule is C=CCOC(=O)C1=C(C)NC2=C(C(=O)OC2)C1c1ccccc1Cl. The molecule has 124 valence electrons. The van der Waals surface area contributed by atoms with Gasteiger partial charge in [0.05, 0.1) is 22.8 Å². The minimum Gasteiger partial charge on any atom is -0.458 e. The highest BCUT2D eigenvalue weighted by molar-refractivity contribution is 6.31. The summed E-state index contributed by atoms with van der Waals surface area (Å²) >= 11 is 6.33. The predicted molar refractivity (Wildman–Crippen MR) is 89.2 cm³/mol. The number of halogens is 1. The van der Waals surface area contributed by atoms with E-state index >= 15 is 0 Å². The molecular weight excluding hydrogens is 330 g/mol. The van der Waals surface area contributed by atoms with Crippen molar-refractivity contribution in [2.45, 2.75) is 12.8 Å². The van der Waals surface area contributed by atoms with E-state index in [-0.39, 0.29) is 13.2 Å². The van der Waals surface area contributed by atoms with Gasteiger partial charge >= 0.3 is 11.9 Å². The summed E-state index contributed by atoms with van der Waals surface area (Å²) in [5.41, 5.74) is 2.69. The number of nitrogens with one attached hydrogen (secondary N) is 1. The van der Waals surface area contributed by atoms with Crippen LogP contribution in [0.25, 0.3) is 0 Å². The Morgan fingerprint density at radius 2 is 2.25 bits per heavy atom. The number of allylic oxidation sites excluding steroid dienone is 1. The molecule has 0 aliphatic carbocycles. The van der Waals surface area contributed by atoms with Crippen LogP contribution in [0.2, 0.25) is 5.02 Å². The van der Waals surface area contributed by atoms with Gasteiger partial charge in [-0.15, -0.1) is 0 Å². The number of carbonyl (C=O) groups excluding carboxylic acids is 2. The Kier molecular flexibility index (Phi) is 4.44. The largest absolute Gasteiger partial charge is 0.458 e. The number of dihydropyridines is 1. The number of benzene rings is 1. The number of cyclic esters (lactones) is 1. The van der Waals surface area contributed by atoms with Crippen molar-refractivity contribution in [1.29, 1.82) is 0 Å². The third-order valence-electron chi connectivity index (χ3n) is 3.98. The van der Waals surface area contributed by atoms with E-state index in [1.165, 1.54) is 6.08 Å². The molecule has 0 bridgehead atoms. The average Bonchev–Trinajstić information content (AvgIpc) is 2.92. The highest BCUT2D eigenvalue weighted by Gasteiger charge is 2.42. The van der Waals surface area contributed by atoms with Crippen LogP contribution in [0.1, 0.15) is 18.4 Å². The molecule has 0 saturated carbocycles. The van der Waals surface area contributed by atoms with Crippen LogP contribution in [0.15, 0.2) is 59.5 Å². The summed E-state index contributed by atoms with van der Waals surface area (Å²) in [4.78, 5) is 24.8. The Morgan fingerprint density at radius 1 is 1.50 bits per heavy atom. The van der Waals surface area contributed by atoms with Gasteiger partial charge in [0.15, 0.2) is 0 Å². The van der Waals surface area contributed by atoms with E-state index in [1.54, 1.807) is 25.1 Å². The molecule has 2 aliphatic rings. The lowest BCUT2D eigenvalue weighted by Crippen LogP contribution is -2.30. The first-order valence-corrected chi connectivity index (χ1v) is 7.82. The van der Waals surface area contributed by atoms with Gasteiger partial charge in [0.2, 0.25) is 0 Å². The number of esters is 2. The van der Waals surface area contributed by atoms with Crippen LogP contribution in [-0.4, -0.2) is 25.2 Å². The molecule has 0 aromatic heterocycles. The lowest BCUT2D eigenvalue weighted by Gasteiger charge is -2.28. The van der Waals surface area contributed by atoms with Crippen LogP contribution in [0, 0.1) is 0 Å². The maximum absolute atomic E-state index is 12.6. The van der Waals surface area contributed by atoms with E-state index in [4.69, 9.17) is 21.1 Å². The zero-order chi connectivity index (χ0) is 17.3. The maximum Gasteiger partial charge on any atom is 0.337 e. The second kappa shape index (κ2) is 6.53. The third kappa shape index (κ3) is 2.71. The van der Waals surface area contributed by atoms with Crippen LogP contribution in [0.4, 0.5) is 0 Å². The van der Waals surface area contributed by atoms with E-state index in [0.29, 0.717) is 33.1 Å². The molecule has 1 aromatic carbocycles. The summed E-state index contributed by atoms with van der Waals surface area (Å²) in [6.07, 6.45) is 1.49. The van der Waals surface area contributed by atoms with Crippen LogP contribution >= 0.6 is 11.6 Å². The third-order valence-corrected chi connectivity index (χ3v) is 4.33. The first kappa shape index (κ1) is 16.3. The Labute approximate surface area is 144 Å². The molecule has 2 aliphatic heterocycles. The molecule has 6 heteroatoms. The Morgan fingerprint density at radius 3 is 2.96 bits per heavy atom. The van der Waals surface area contributed by atoms with Crippen molar-refractivity contribution >= 4 is 23.5 Å². The van der Waals surface area contributed by atoms with Gasteiger partial charge < -0.3 is 14.8 Å². The Bertz CT molecular complexity index is 794. The Hall–Kier alpha value is -2.53. The summed E-state index contributed by atoms with van der Waals surface area (Å²) < 4.78 is 10.3. The quantitative estimate of drug-likeness (QED) is 0.671. The van der Waals surface area contributed by atoms with Crippen molar-refractivity contribution in [2.75, 3.05) is 13.2 Å². The van der Waals surface area contributed by atoms with E-state index in [2.05, 4.69) is 11.9 Å². The van der Waals surface area contributed by atoms with Crippen molar-refractivity contribution in [3.63, 3.8) is 0 Å². The van der Waals surface area contributed by atoms with E-state index in [1.807, 2.05) is 6.07 Å². The van der Waals surface area contributed by atoms with Crippen molar-refractivity contribution in [2.24, 2.45) is 0 Å². The molecular formula is C18H16ClNO4. The van der Waals surface area contributed by atoms with Crippen molar-refractivity contribution < 1.29 is 19.1 Å². The second-order valence-electron chi connectivity index (χ2n) is 5.47. The smallest absolute Gasteiger partial charge is 0.337 e. The fourth-order valence-corrected chi connectivity index (χ4v) is 3.21. The van der Waals surface area contributed by atoms with Crippen LogP contribution in [0.5, 0.6) is 0 Å². The van der Waals surface area contributed by atoms with Crippen molar-refractivity contribution in [1.82, 2.24) is 5.32 Å². The minimum absolute atomic E-state index is 0.0845. The Balaban J connectivity index is 2.13. The topological polar surface area (TPSA) is 64.6 Å². The number of rotatable bonds is 4. The molecule has 1 aromatic rings. The minimum atomic E-state index is -0.623. The van der Waals surface area contributed by atoms with Crippen LogP contribution in [-0.2, 0) is 19.1 Å². The molecule has 0 fully saturated rings. The zero-order valence-corrected chi connectivity index (χ0v) is 13.9. The zero-order valence-electron chi connectivity index (χ0n) is 13.1. The molecule has 2 heterocycles. The molecule has 0 radical (unpaired) electrons. The fraction of sp³-hybridized carbons (Fsp3) is 0.222. The van der Waals surface area contributed by atoms with Gasteiger partial charge in [0.25, 0.3) is 0 Å². The van der Waals surface area contributed by atoms with Crippen molar-refractivity contribution in [3.8, 4) is 0 Å². The lowest BCUT2D eigenvalue weighted by molar-refractivity contribution is -0.138. The second-order valence-corrected chi connectivity index (χ2v) is 5.88. The standard InChI is InChI=1S/C18H16ClNO4/c1-3-8-23-17(21)14-10(2)20-13-9-24-18(22)16(13)15(14)11-6-4-5-7-12(11)19/h3-7,15,20H,1,8-9H2,2H3. The van der Waals surface area contributed by atoms with Crippen LogP contribution in [0.3, 0.4) is 0 Å². The van der Waals surface area contributed by atoms with Gasteiger partial charge in [-0.25, -0.2) is 9.59 Å². The molecule has 3 rings (SSSR count). The highest BCUT2D eigenvalue weighted by Crippen LogP contribution is 2.43. The average molecular weight is 346 g/mol. The summed E-state index contributed by atoms with van der Waals surface area (Å²) in [6, 6.07) is 7.12. The molecule has 24 heavy (non-hydrogen) atoms. The summed E-state index contributed by atoms with van der Waals surface area (Å²) in [5, 5.41) is 3.55. The van der Waals surface area contributed by atoms with E-state index in [9.17, 15) is 9.59 Å². The summed E-state index contributed by atoms with van der Waals surface area (Å²) in [6.45, 7) is 5.54. The van der Waals surface area contributed by atoms with Crippen LogP contribution < -0.4 is 5.32 Å². The van der Waals surface area contributed by atoms with Gasteiger partial charge in [-0.1, -0.05) is 42.5 Å². The molecule has 0 amide bonds. The highest BCUT2D eigenvalue weighted by atomic mass is 35.5.